The van der Waals surface area contributed by atoms with Crippen LogP contribution < -0.4 is 0 Å². The van der Waals surface area contributed by atoms with Crippen LogP contribution in [0.5, 0.6) is 0 Å². The van der Waals surface area contributed by atoms with Crippen LogP contribution in [0, 0.1) is 32.4 Å². The number of aryl methyl sites for hydroxylation is 3. The summed E-state index contributed by atoms with van der Waals surface area (Å²) >= 11 is 6.43. The lowest BCUT2D eigenvalue weighted by Gasteiger charge is -2.17. The molecule has 2 aromatic rings. The molecule has 3 heteroatoms. The van der Waals surface area contributed by atoms with E-state index >= 15 is 0 Å². The van der Waals surface area contributed by atoms with E-state index in [1.807, 2.05) is 13.8 Å². The molecule has 19 heavy (non-hydrogen) atoms. The molecule has 0 aromatic heterocycles. The number of benzene rings is 2. The molecule has 2 aromatic carbocycles. The first-order valence-electron chi connectivity index (χ1n) is 6.07. The van der Waals surface area contributed by atoms with Crippen molar-refractivity contribution >= 4 is 11.6 Å². The maximum atomic E-state index is 13.6. The van der Waals surface area contributed by atoms with Crippen LogP contribution in [0.4, 0.5) is 8.78 Å². The van der Waals surface area contributed by atoms with E-state index in [1.165, 1.54) is 18.2 Å². The lowest BCUT2D eigenvalue weighted by molar-refractivity contribution is 0.616. The SMILES string of the molecule is Cc1ccc(C(Cl)c2c(C)cc(F)cc2C)cc1F. The molecule has 100 valence electrons. The summed E-state index contributed by atoms with van der Waals surface area (Å²) < 4.78 is 26.9. The van der Waals surface area contributed by atoms with Crippen molar-refractivity contribution in [3.63, 3.8) is 0 Å². The van der Waals surface area contributed by atoms with E-state index in [0.29, 0.717) is 11.1 Å². The topological polar surface area (TPSA) is 0 Å². The Hall–Kier alpha value is -1.41. The zero-order valence-corrected chi connectivity index (χ0v) is 11.9. The fourth-order valence-electron chi connectivity index (χ4n) is 2.26. The van der Waals surface area contributed by atoms with Gasteiger partial charge in [-0.05, 0) is 66.8 Å². The molecule has 0 N–H and O–H groups in total. The number of halogens is 3. The lowest BCUT2D eigenvalue weighted by atomic mass is 9.95. The monoisotopic (exact) mass is 280 g/mol. The third-order valence-corrected chi connectivity index (χ3v) is 3.77. The second kappa shape index (κ2) is 5.30. The minimum Gasteiger partial charge on any atom is -0.207 e. The quantitative estimate of drug-likeness (QED) is 0.662. The molecule has 0 aliphatic rings. The Balaban J connectivity index is 2.49. The summed E-state index contributed by atoms with van der Waals surface area (Å²) in [5.41, 5.74) is 3.66. The number of rotatable bonds is 2. The summed E-state index contributed by atoms with van der Waals surface area (Å²) in [6.07, 6.45) is 0. The molecule has 0 saturated carbocycles. The number of alkyl halides is 1. The second-order valence-corrected chi connectivity index (χ2v) is 5.26. The van der Waals surface area contributed by atoms with Crippen LogP contribution in [-0.4, -0.2) is 0 Å². The van der Waals surface area contributed by atoms with Crippen molar-refractivity contribution in [2.45, 2.75) is 26.1 Å². The van der Waals surface area contributed by atoms with Crippen LogP contribution in [0.1, 0.15) is 33.2 Å². The molecule has 0 heterocycles. The molecule has 0 aliphatic heterocycles. The van der Waals surface area contributed by atoms with Crippen molar-refractivity contribution < 1.29 is 8.78 Å². The van der Waals surface area contributed by atoms with E-state index < -0.39 is 5.38 Å². The summed E-state index contributed by atoms with van der Waals surface area (Å²) in [7, 11) is 0. The first-order valence-corrected chi connectivity index (χ1v) is 6.50. The van der Waals surface area contributed by atoms with Gasteiger partial charge in [-0.3, -0.25) is 0 Å². The highest BCUT2D eigenvalue weighted by Gasteiger charge is 2.17. The van der Waals surface area contributed by atoms with E-state index in [2.05, 4.69) is 0 Å². The molecule has 0 nitrogen and oxygen atoms in total. The molecule has 2 rings (SSSR count). The Bertz CT molecular complexity index is 597. The average Bonchev–Trinajstić information content (AvgIpc) is 2.31. The van der Waals surface area contributed by atoms with E-state index in [9.17, 15) is 8.78 Å². The van der Waals surface area contributed by atoms with Gasteiger partial charge in [-0.15, -0.1) is 11.6 Å². The minimum absolute atomic E-state index is 0.277. The van der Waals surface area contributed by atoms with Crippen LogP contribution in [0.3, 0.4) is 0 Å². The van der Waals surface area contributed by atoms with Crippen molar-refractivity contribution in [2.24, 2.45) is 0 Å². The first kappa shape index (κ1) is 14.0. The summed E-state index contributed by atoms with van der Waals surface area (Å²) in [5, 5.41) is -0.476. The van der Waals surface area contributed by atoms with Crippen molar-refractivity contribution in [3.05, 3.63) is 69.8 Å². The maximum absolute atomic E-state index is 13.6. The molecule has 0 amide bonds. The van der Waals surface area contributed by atoms with Gasteiger partial charge in [-0.2, -0.15) is 0 Å². The van der Waals surface area contributed by atoms with Crippen LogP contribution >= 0.6 is 11.6 Å². The Morgan fingerprint density at radius 3 is 2.00 bits per heavy atom. The van der Waals surface area contributed by atoms with E-state index in [1.54, 1.807) is 19.1 Å². The highest BCUT2D eigenvalue weighted by atomic mass is 35.5. The van der Waals surface area contributed by atoms with Gasteiger partial charge in [0.2, 0.25) is 0 Å². The van der Waals surface area contributed by atoms with Crippen molar-refractivity contribution in [1.29, 1.82) is 0 Å². The molecular formula is C16H15ClF2. The van der Waals surface area contributed by atoms with Crippen LogP contribution in [-0.2, 0) is 0 Å². The minimum atomic E-state index is -0.476. The fraction of sp³-hybridized carbons (Fsp3) is 0.250. The second-order valence-electron chi connectivity index (χ2n) is 4.82. The predicted octanol–water partition coefficient (Wildman–Crippen LogP) is 5.22. The Morgan fingerprint density at radius 2 is 1.47 bits per heavy atom. The Labute approximate surface area is 117 Å². The van der Waals surface area contributed by atoms with Crippen LogP contribution in [0.15, 0.2) is 30.3 Å². The first-order chi connectivity index (χ1) is 8.90. The van der Waals surface area contributed by atoms with Gasteiger partial charge in [0.15, 0.2) is 0 Å². The molecule has 0 radical (unpaired) electrons. The van der Waals surface area contributed by atoms with Crippen molar-refractivity contribution in [1.82, 2.24) is 0 Å². The number of hydrogen-bond acceptors (Lipinski definition) is 0. The largest absolute Gasteiger partial charge is 0.207 e. The van der Waals surface area contributed by atoms with Gasteiger partial charge in [0.05, 0.1) is 5.38 Å². The van der Waals surface area contributed by atoms with E-state index in [4.69, 9.17) is 11.6 Å². The summed E-state index contributed by atoms with van der Waals surface area (Å²) in [6.45, 7) is 5.33. The van der Waals surface area contributed by atoms with Gasteiger partial charge < -0.3 is 0 Å². The normalized spacial score (nSPS) is 12.5. The van der Waals surface area contributed by atoms with Crippen LogP contribution in [0.25, 0.3) is 0 Å². The van der Waals surface area contributed by atoms with Gasteiger partial charge in [-0.25, -0.2) is 8.78 Å². The summed E-state index contributed by atoms with van der Waals surface area (Å²) in [6, 6.07) is 7.84. The Morgan fingerprint density at radius 1 is 0.895 bits per heavy atom. The zero-order chi connectivity index (χ0) is 14.2. The molecular weight excluding hydrogens is 266 g/mol. The predicted molar refractivity (Wildman–Crippen MR) is 74.7 cm³/mol. The van der Waals surface area contributed by atoms with Gasteiger partial charge in [0.1, 0.15) is 11.6 Å². The molecule has 0 saturated heterocycles. The molecule has 0 bridgehead atoms. The summed E-state index contributed by atoms with van der Waals surface area (Å²) in [4.78, 5) is 0. The van der Waals surface area contributed by atoms with Gasteiger partial charge in [0.25, 0.3) is 0 Å². The molecule has 0 aliphatic carbocycles. The molecule has 1 unspecified atom stereocenters. The fourth-order valence-corrected chi connectivity index (χ4v) is 2.73. The van der Waals surface area contributed by atoms with E-state index in [-0.39, 0.29) is 11.6 Å². The van der Waals surface area contributed by atoms with Crippen molar-refractivity contribution in [3.8, 4) is 0 Å². The number of hydrogen-bond donors (Lipinski definition) is 0. The standard InChI is InChI=1S/C16H15ClF2/c1-9-4-5-12(8-14(9)19)16(17)15-10(2)6-13(18)7-11(15)3/h4-8,16H,1-3H3. The lowest BCUT2D eigenvalue weighted by Crippen LogP contribution is -2.01. The van der Waals surface area contributed by atoms with Gasteiger partial charge in [0, 0.05) is 0 Å². The molecule has 0 spiro atoms. The molecule has 1 atom stereocenters. The molecule has 0 fully saturated rings. The zero-order valence-electron chi connectivity index (χ0n) is 11.1. The smallest absolute Gasteiger partial charge is 0.126 e. The summed E-state index contributed by atoms with van der Waals surface area (Å²) in [5.74, 6) is -0.557. The third-order valence-electron chi connectivity index (χ3n) is 3.30. The van der Waals surface area contributed by atoms with Gasteiger partial charge >= 0.3 is 0 Å². The van der Waals surface area contributed by atoms with Crippen molar-refractivity contribution in [2.75, 3.05) is 0 Å². The third kappa shape index (κ3) is 2.79. The Kier molecular flexibility index (Phi) is 3.91. The van der Waals surface area contributed by atoms with Gasteiger partial charge in [-0.1, -0.05) is 12.1 Å². The average molecular weight is 281 g/mol. The van der Waals surface area contributed by atoms with Crippen LogP contribution in [0.2, 0.25) is 0 Å². The highest BCUT2D eigenvalue weighted by Crippen LogP contribution is 2.34. The maximum Gasteiger partial charge on any atom is 0.126 e. The van der Waals surface area contributed by atoms with E-state index in [0.717, 1.165) is 16.7 Å². The highest BCUT2D eigenvalue weighted by molar-refractivity contribution is 6.22.